The largest absolute Gasteiger partial charge is 0.497 e. The molecule has 1 N–H and O–H groups in total. The zero-order chi connectivity index (χ0) is 16.5. The highest BCUT2D eigenvalue weighted by molar-refractivity contribution is 5.85. The highest BCUT2D eigenvalue weighted by atomic mass is 35.5. The van der Waals surface area contributed by atoms with E-state index in [1.54, 1.807) is 7.11 Å². The minimum Gasteiger partial charge on any atom is -0.497 e. The second-order valence-corrected chi connectivity index (χ2v) is 6.38. The molecule has 1 aliphatic heterocycles. The number of nitrogens with zero attached hydrogens (tertiary/aromatic N) is 1. The van der Waals surface area contributed by atoms with E-state index in [4.69, 9.17) is 4.74 Å². The standard InChI is InChI=1S/C19H30N2O2.ClH/c1-20-17-8-6-14-21(15-17)19(22)9-5-3-4-7-16-10-12-18(23-2)13-11-16;/h10-13,17,20H,3-9,14-15H2,1-2H3;1H. The van der Waals surface area contributed by atoms with Crippen LogP contribution in [0.2, 0.25) is 0 Å². The lowest BCUT2D eigenvalue weighted by molar-refractivity contribution is -0.132. The van der Waals surface area contributed by atoms with Crippen LogP contribution in [0.3, 0.4) is 0 Å². The third kappa shape index (κ3) is 6.70. The summed E-state index contributed by atoms with van der Waals surface area (Å²) in [6, 6.07) is 8.73. The van der Waals surface area contributed by atoms with Gasteiger partial charge in [0, 0.05) is 25.6 Å². The number of likely N-dealkylation sites (tertiary alicyclic amines) is 1. The molecule has 24 heavy (non-hydrogen) atoms. The third-order valence-corrected chi connectivity index (χ3v) is 4.70. The van der Waals surface area contributed by atoms with Gasteiger partial charge in [0.05, 0.1) is 7.11 Å². The lowest BCUT2D eigenvalue weighted by atomic mass is 10.0. The van der Waals surface area contributed by atoms with Crippen LogP contribution in [0.1, 0.15) is 44.1 Å². The SMILES string of the molecule is CNC1CCCN(C(=O)CCCCCc2ccc(OC)cc2)C1.Cl. The molecule has 0 spiro atoms. The van der Waals surface area contributed by atoms with Crippen molar-refractivity contribution in [2.45, 2.75) is 51.0 Å². The number of ether oxygens (including phenoxy) is 1. The first-order valence-corrected chi connectivity index (χ1v) is 8.81. The fourth-order valence-corrected chi connectivity index (χ4v) is 3.17. The molecule has 136 valence electrons. The first kappa shape index (κ1) is 20.8. The van der Waals surface area contributed by atoms with E-state index in [0.717, 1.165) is 50.9 Å². The van der Waals surface area contributed by atoms with E-state index in [9.17, 15) is 4.79 Å². The highest BCUT2D eigenvalue weighted by Crippen LogP contribution is 2.15. The summed E-state index contributed by atoms with van der Waals surface area (Å²) in [6.45, 7) is 1.81. The average molecular weight is 355 g/mol. The van der Waals surface area contributed by atoms with E-state index >= 15 is 0 Å². The number of piperidine rings is 1. The molecule has 0 aliphatic carbocycles. The predicted octanol–water partition coefficient (Wildman–Crippen LogP) is 3.43. The molecule has 1 heterocycles. The summed E-state index contributed by atoms with van der Waals surface area (Å²) in [5.41, 5.74) is 1.34. The fourth-order valence-electron chi connectivity index (χ4n) is 3.17. The molecule has 1 aromatic rings. The van der Waals surface area contributed by atoms with Gasteiger partial charge in [-0.1, -0.05) is 18.6 Å². The Bertz CT molecular complexity index is 479. The lowest BCUT2D eigenvalue weighted by Crippen LogP contribution is -2.46. The fraction of sp³-hybridized carbons (Fsp3) is 0.632. The molecule has 0 radical (unpaired) electrons. The number of likely N-dealkylation sites (N-methyl/N-ethyl adjacent to an activating group) is 1. The Hall–Kier alpha value is -1.26. The molecule has 1 amide bonds. The number of rotatable bonds is 8. The first-order valence-electron chi connectivity index (χ1n) is 8.81. The number of aryl methyl sites for hydroxylation is 1. The summed E-state index contributed by atoms with van der Waals surface area (Å²) < 4.78 is 5.17. The Labute approximate surface area is 152 Å². The number of halogens is 1. The van der Waals surface area contributed by atoms with Crippen LogP contribution < -0.4 is 10.1 Å². The first-order chi connectivity index (χ1) is 11.2. The van der Waals surface area contributed by atoms with Gasteiger partial charge in [0.25, 0.3) is 0 Å². The number of hydrogen-bond acceptors (Lipinski definition) is 3. The summed E-state index contributed by atoms with van der Waals surface area (Å²) in [5.74, 6) is 1.23. The van der Waals surface area contributed by atoms with E-state index in [-0.39, 0.29) is 12.4 Å². The van der Waals surface area contributed by atoms with Crippen LogP contribution in [0.4, 0.5) is 0 Å². The van der Waals surface area contributed by atoms with Crippen LogP contribution in [-0.2, 0) is 11.2 Å². The van der Waals surface area contributed by atoms with Crippen molar-refractivity contribution in [1.29, 1.82) is 0 Å². The number of carbonyl (C=O) groups is 1. The predicted molar refractivity (Wildman–Crippen MR) is 101 cm³/mol. The number of methoxy groups -OCH3 is 1. The van der Waals surface area contributed by atoms with Crippen molar-refractivity contribution >= 4 is 18.3 Å². The molecule has 2 rings (SSSR count). The molecule has 1 saturated heterocycles. The van der Waals surface area contributed by atoms with E-state index in [2.05, 4.69) is 17.4 Å². The Kier molecular flexibility index (Phi) is 9.80. The van der Waals surface area contributed by atoms with E-state index in [0.29, 0.717) is 18.4 Å². The van der Waals surface area contributed by atoms with Crippen molar-refractivity contribution < 1.29 is 9.53 Å². The normalized spacial score (nSPS) is 17.2. The molecule has 1 fully saturated rings. The van der Waals surface area contributed by atoms with Gasteiger partial charge in [-0.2, -0.15) is 0 Å². The third-order valence-electron chi connectivity index (χ3n) is 4.70. The van der Waals surface area contributed by atoms with Crippen LogP contribution in [0.25, 0.3) is 0 Å². The number of hydrogen-bond donors (Lipinski definition) is 1. The quantitative estimate of drug-likeness (QED) is 0.727. The number of amides is 1. The van der Waals surface area contributed by atoms with Gasteiger partial charge < -0.3 is 15.0 Å². The van der Waals surface area contributed by atoms with Gasteiger partial charge in [-0.25, -0.2) is 0 Å². The maximum absolute atomic E-state index is 12.2. The van der Waals surface area contributed by atoms with Gasteiger partial charge in [-0.3, -0.25) is 4.79 Å². The van der Waals surface area contributed by atoms with Gasteiger partial charge in [-0.05, 0) is 56.8 Å². The molecule has 1 unspecified atom stereocenters. The Morgan fingerprint density at radius 3 is 2.67 bits per heavy atom. The maximum atomic E-state index is 12.2. The molecule has 5 heteroatoms. The van der Waals surface area contributed by atoms with Crippen molar-refractivity contribution in [3.8, 4) is 5.75 Å². The molecule has 1 aromatic carbocycles. The Balaban J connectivity index is 0.00000288. The van der Waals surface area contributed by atoms with Gasteiger partial charge in [0.15, 0.2) is 0 Å². The number of carbonyl (C=O) groups excluding carboxylic acids is 1. The highest BCUT2D eigenvalue weighted by Gasteiger charge is 2.21. The topological polar surface area (TPSA) is 41.6 Å². The number of benzene rings is 1. The van der Waals surface area contributed by atoms with Crippen molar-refractivity contribution in [3.05, 3.63) is 29.8 Å². The van der Waals surface area contributed by atoms with E-state index in [1.807, 2.05) is 24.1 Å². The van der Waals surface area contributed by atoms with Crippen molar-refractivity contribution in [3.63, 3.8) is 0 Å². The molecular weight excluding hydrogens is 324 g/mol. The molecule has 1 aliphatic rings. The van der Waals surface area contributed by atoms with Crippen LogP contribution in [0.15, 0.2) is 24.3 Å². The molecule has 4 nitrogen and oxygen atoms in total. The monoisotopic (exact) mass is 354 g/mol. The summed E-state index contributed by atoms with van der Waals surface area (Å²) in [5, 5.41) is 3.29. The Morgan fingerprint density at radius 1 is 1.25 bits per heavy atom. The smallest absolute Gasteiger partial charge is 0.222 e. The summed E-state index contributed by atoms with van der Waals surface area (Å²) in [4.78, 5) is 14.3. The average Bonchev–Trinajstić information content (AvgIpc) is 2.61. The molecule has 0 saturated carbocycles. The molecule has 1 atom stereocenters. The number of nitrogens with one attached hydrogen (secondary N) is 1. The van der Waals surface area contributed by atoms with Gasteiger partial charge in [-0.15, -0.1) is 12.4 Å². The second-order valence-electron chi connectivity index (χ2n) is 6.38. The van der Waals surface area contributed by atoms with E-state index < -0.39 is 0 Å². The van der Waals surface area contributed by atoms with Gasteiger partial charge in [0.1, 0.15) is 5.75 Å². The molecule has 0 bridgehead atoms. The van der Waals surface area contributed by atoms with Crippen LogP contribution in [0.5, 0.6) is 5.75 Å². The van der Waals surface area contributed by atoms with Crippen LogP contribution >= 0.6 is 12.4 Å². The summed E-state index contributed by atoms with van der Waals surface area (Å²) in [7, 11) is 3.67. The van der Waals surface area contributed by atoms with Gasteiger partial charge in [0.2, 0.25) is 5.91 Å². The Morgan fingerprint density at radius 2 is 2.00 bits per heavy atom. The van der Waals surface area contributed by atoms with Gasteiger partial charge >= 0.3 is 0 Å². The van der Waals surface area contributed by atoms with E-state index in [1.165, 1.54) is 12.0 Å². The minimum atomic E-state index is 0. The zero-order valence-electron chi connectivity index (χ0n) is 14.9. The number of unbranched alkanes of at least 4 members (excludes halogenated alkanes) is 2. The summed E-state index contributed by atoms with van der Waals surface area (Å²) >= 11 is 0. The van der Waals surface area contributed by atoms with Crippen molar-refractivity contribution in [2.75, 3.05) is 27.2 Å². The zero-order valence-corrected chi connectivity index (χ0v) is 15.7. The molecular formula is C19H31ClN2O2. The second kappa shape index (κ2) is 11.3. The van der Waals surface area contributed by atoms with Crippen LogP contribution in [0, 0.1) is 0 Å². The summed E-state index contributed by atoms with van der Waals surface area (Å²) in [6.07, 6.45) is 7.31. The van der Waals surface area contributed by atoms with Crippen molar-refractivity contribution in [1.82, 2.24) is 10.2 Å². The molecule has 0 aromatic heterocycles. The maximum Gasteiger partial charge on any atom is 0.222 e. The lowest BCUT2D eigenvalue weighted by Gasteiger charge is -2.32. The minimum absolute atomic E-state index is 0. The van der Waals surface area contributed by atoms with Crippen LogP contribution in [-0.4, -0.2) is 44.1 Å². The van der Waals surface area contributed by atoms with Crippen molar-refractivity contribution in [2.24, 2.45) is 0 Å².